The summed E-state index contributed by atoms with van der Waals surface area (Å²) in [5, 5.41) is 4.87. The normalized spacial score (nSPS) is 14.8. The van der Waals surface area contributed by atoms with E-state index in [-0.39, 0.29) is 5.91 Å². The van der Waals surface area contributed by atoms with Gasteiger partial charge < -0.3 is 10.2 Å². The minimum absolute atomic E-state index is 0.144. The van der Waals surface area contributed by atoms with Crippen molar-refractivity contribution >= 4 is 39.7 Å². The van der Waals surface area contributed by atoms with E-state index < -0.39 is 0 Å². The lowest BCUT2D eigenvalue weighted by Crippen LogP contribution is -2.17. The summed E-state index contributed by atoms with van der Waals surface area (Å²) in [5.74, 6) is -0.144. The Bertz CT molecular complexity index is 872. The highest BCUT2D eigenvalue weighted by molar-refractivity contribution is 7.15. The molecular weight excluding hydrogens is 320 g/mol. The zero-order valence-electron chi connectivity index (χ0n) is 13.2. The molecule has 1 aliphatic rings. The van der Waals surface area contributed by atoms with E-state index in [1.807, 2.05) is 28.1 Å². The van der Waals surface area contributed by atoms with Crippen molar-refractivity contribution in [1.82, 2.24) is 9.38 Å². The topological polar surface area (TPSA) is 49.6 Å². The molecule has 24 heavy (non-hydrogen) atoms. The third-order valence-corrected chi connectivity index (χ3v) is 4.96. The molecular formula is C18H18N4OS. The zero-order chi connectivity index (χ0) is 16.4. The first-order valence-electron chi connectivity index (χ1n) is 8.04. The maximum Gasteiger partial charge on any atom is 0.248 e. The molecule has 3 heterocycles. The van der Waals surface area contributed by atoms with Crippen molar-refractivity contribution in [3.05, 3.63) is 53.8 Å². The summed E-state index contributed by atoms with van der Waals surface area (Å²) in [6.07, 6.45) is 9.54. The predicted octanol–water partition coefficient (Wildman–Crippen LogP) is 3.65. The van der Waals surface area contributed by atoms with Crippen molar-refractivity contribution in [3.8, 4) is 0 Å². The summed E-state index contributed by atoms with van der Waals surface area (Å²) in [6, 6.07) is 8.04. The van der Waals surface area contributed by atoms with Gasteiger partial charge in [0.2, 0.25) is 5.91 Å². The van der Waals surface area contributed by atoms with Gasteiger partial charge in [0, 0.05) is 42.1 Å². The number of nitrogens with one attached hydrogen (secondary N) is 1. The molecule has 2 aromatic heterocycles. The molecule has 0 radical (unpaired) electrons. The predicted molar refractivity (Wildman–Crippen MR) is 98.6 cm³/mol. The SMILES string of the molecule is O=C(/C=C/c1cnc2sccn12)Nc1ccc(N2CCCC2)cc1. The number of hydrogen-bond acceptors (Lipinski definition) is 4. The number of aromatic nitrogens is 2. The lowest BCUT2D eigenvalue weighted by atomic mass is 10.2. The minimum Gasteiger partial charge on any atom is -0.372 e. The van der Waals surface area contributed by atoms with Crippen molar-refractivity contribution in [3.63, 3.8) is 0 Å². The molecule has 122 valence electrons. The molecule has 5 nitrogen and oxygen atoms in total. The number of imidazole rings is 1. The first kappa shape index (κ1) is 15.0. The smallest absolute Gasteiger partial charge is 0.248 e. The third-order valence-electron chi connectivity index (χ3n) is 4.19. The Morgan fingerprint density at radius 2 is 2.00 bits per heavy atom. The number of carbonyl (C=O) groups is 1. The number of carbonyl (C=O) groups excluding carboxylic acids is 1. The highest BCUT2D eigenvalue weighted by Gasteiger charge is 2.11. The first-order chi connectivity index (χ1) is 11.8. The largest absolute Gasteiger partial charge is 0.372 e. The summed E-state index contributed by atoms with van der Waals surface area (Å²) < 4.78 is 1.96. The molecule has 1 saturated heterocycles. The molecule has 1 amide bonds. The van der Waals surface area contributed by atoms with Crippen LogP contribution >= 0.6 is 11.3 Å². The number of anilines is 2. The maximum atomic E-state index is 12.1. The van der Waals surface area contributed by atoms with Crippen LogP contribution in [0.5, 0.6) is 0 Å². The van der Waals surface area contributed by atoms with E-state index in [1.54, 1.807) is 23.6 Å². The Hall–Kier alpha value is -2.60. The molecule has 4 rings (SSSR count). The van der Waals surface area contributed by atoms with Crippen LogP contribution in [0.2, 0.25) is 0 Å². The summed E-state index contributed by atoms with van der Waals surface area (Å²) >= 11 is 1.57. The number of fused-ring (bicyclic) bond motifs is 1. The van der Waals surface area contributed by atoms with Gasteiger partial charge >= 0.3 is 0 Å². The number of amides is 1. The van der Waals surface area contributed by atoms with Gasteiger partial charge in [-0.2, -0.15) is 0 Å². The van der Waals surface area contributed by atoms with E-state index in [1.165, 1.54) is 24.6 Å². The lowest BCUT2D eigenvalue weighted by molar-refractivity contribution is -0.111. The second-order valence-corrected chi connectivity index (χ2v) is 6.68. The molecule has 0 bridgehead atoms. The second-order valence-electron chi connectivity index (χ2n) is 5.80. The van der Waals surface area contributed by atoms with E-state index >= 15 is 0 Å². The molecule has 0 spiro atoms. The number of thiazole rings is 1. The van der Waals surface area contributed by atoms with Crippen LogP contribution in [-0.4, -0.2) is 28.4 Å². The summed E-state index contributed by atoms with van der Waals surface area (Å²) in [4.78, 5) is 19.7. The van der Waals surface area contributed by atoms with Gasteiger partial charge in [0.15, 0.2) is 4.96 Å². The van der Waals surface area contributed by atoms with E-state index in [0.29, 0.717) is 0 Å². The van der Waals surface area contributed by atoms with Crippen molar-refractivity contribution in [1.29, 1.82) is 0 Å². The lowest BCUT2D eigenvalue weighted by Gasteiger charge is -2.17. The number of rotatable bonds is 4. The fourth-order valence-corrected chi connectivity index (χ4v) is 3.64. The molecule has 0 unspecified atom stereocenters. The van der Waals surface area contributed by atoms with Gasteiger partial charge in [0.1, 0.15) is 0 Å². The fraction of sp³-hybridized carbons (Fsp3) is 0.222. The molecule has 1 aromatic carbocycles. The number of hydrogen-bond donors (Lipinski definition) is 1. The van der Waals surface area contributed by atoms with Crippen LogP contribution < -0.4 is 10.2 Å². The zero-order valence-corrected chi connectivity index (χ0v) is 14.0. The molecule has 6 heteroatoms. The Balaban J connectivity index is 1.40. The van der Waals surface area contributed by atoms with E-state index in [9.17, 15) is 4.79 Å². The third kappa shape index (κ3) is 3.05. The van der Waals surface area contributed by atoms with Gasteiger partial charge in [0.05, 0.1) is 11.9 Å². The Labute approximate surface area is 144 Å². The molecule has 0 saturated carbocycles. The van der Waals surface area contributed by atoms with Gasteiger partial charge in [-0.3, -0.25) is 9.20 Å². The average molecular weight is 338 g/mol. The van der Waals surface area contributed by atoms with E-state index in [2.05, 4.69) is 27.3 Å². The van der Waals surface area contributed by atoms with Gasteiger partial charge in [-0.25, -0.2) is 4.98 Å². The standard InChI is InChI=1S/C18H18N4OS/c23-17(8-7-16-13-19-18-22(16)11-12-24-18)20-14-3-5-15(6-4-14)21-9-1-2-10-21/h3-8,11-13H,1-2,9-10H2,(H,20,23)/b8-7+. The minimum atomic E-state index is -0.144. The van der Waals surface area contributed by atoms with Crippen molar-refractivity contribution < 1.29 is 4.79 Å². The first-order valence-corrected chi connectivity index (χ1v) is 8.92. The van der Waals surface area contributed by atoms with Gasteiger partial charge in [-0.15, -0.1) is 11.3 Å². The van der Waals surface area contributed by atoms with Crippen LogP contribution in [0.15, 0.2) is 48.1 Å². The van der Waals surface area contributed by atoms with Gasteiger partial charge in [-0.1, -0.05) is 0 Å². The quantitative estimate of drug-likeness (QED) is 0.739. The highest BCUT2D eigenvalue weighted by atomic mass is 32.1. The van der Waals surface area contributed by atoms with Crippen LogP contribution in [0, 0.1) is 0 Å². The van der Waals surface area contributed by atoms with Crippen LogP contribution in [0.1, 0.15) is 18.5 Å². The molecule has 0 aliphatic carbocycles. The molecule has 0 atom stereocenters. The van der Waals surface area contributed by atoms with Crippen molar-refractivity contribution in [2.75, 3.05) is 23.3 Å². The summed E-state index contributed by atoms with van der Waals surface area (Å²) in [5.41, 5.74) is 2.92. The Morgan fingerprint density at radius 1 is 1.21 bits per heavy atom. The Kier molecular flexibility index (Phi) is 4.04. The molecule has 3 aromatic rings. The van der Waals surface area contributed by atoms with Crippen molar-refractivity contribution in [2.45, 2.75) is 12.8 Å². The van der Waals surface area contributed by atoms with Crippen LogP contribution in [-0.2, 0) is 4.79 Å². The number of benzene rings is 1. The molecule has 1 aliphatic heterocycles. The summed E-state index contributed by atoms with van der Waals surface area (Å²) in [7, 11) is 0. The van der Waals surface area contributed by atoms with Crippen molar-refractivity contribution in [2.24, 2.45) is 0 Å². The average Bonchev–Trinajstić information content (AvgIpc) is 3.32. The van der Waals surface area contributed by atoms with Crippen LogP contribution in [0.4, 0.5) is 11.4 Å². The van der Waals surface area contributed by atoms with Gasteiger partial charge in [-0.05, 0) is 43.2 Å². The number of nitrogens with zero attached hydrogens (tertiary/aromatic N) is 3. The van der Waals surface area contributed by atoms with E-state index in [0.717, 1.165) is 29.4 Å². The van der Waals surface area contributed by atoms with Crippen LogP contribution in [0.3, 0.4) is 0 Å². The highest BCUT2D eigenvalue weighted by Crippen LogP contribution is 2.22. The molecule has 1 fully saturated rings. The maximum absolute atomic E-state index is 12.1. The monoisotopic (exact) mass is 338 g/mol. The Morgan fingerprint density at radius 3 is 2.79 bits per heavy atom. The summed E-state index contributed by atoms with van der Waals surface area (Å²) in [6.45, 7) is 2.24. The van der Waals surface area contributed by atoms with Crippen LogP contribution in [0.25, 0.3) is 11.0 Å². The fourth-order valence-electron chi connectivity index (χ4n) is 2.94. The molecule has 1 N–H and O–H groups in total. The van der Waals surface area contributed by atoms with E-state index in [4.69, 9.17) is 0 Å². The van der Waals surface area contributed by atoms with Gasteiger partial charge in [0.25, 0.3) is 0 Å². The second kappa shape index (κ2) is 6.49.